The van der Waals surface area contributed by atoms with Gasteiger partial charge >= 0.3 is 0 Å². The first kappa shape index (κ1) is 12.5. The van der Waals surface area contributed by atoms with Crippen molar-refractivity contribution in [1.82, 2.24) is 14.5 Å². The van der Waals surface area contributed by atoms with Crippen LogP contribution in [-0.2, 0) is 13.6 Å². The molecule has 0 N–H and O–H groups in total. The zero-order valence-corrected chi connectivity index (χ0v) is 10.7. The van der Waals surface area contributed by atoms with Crippen molar-refractivity contribution in [3.8, 4) is 0 Å². The van der Waals surface area contributed by atoms with E-state index in [9.17, 15) is 4.79 Å². The lowest BCUT2D eigenvalue weighted by Crippen LogP contribution is -2.25. The SMILES string of the molecule is CN(CC(=O)c1ccn(C)c1)Cc1ccncc1. The van der Waals surface area contributed by atoms with Gasteiger partial charge in [-0.25, -0.2) is 0 Å². The summed E-state index contributed by atoms with van der Waals surface area (Å²) in [5.74, 6) is 0.146. The first-order chi connectivity index (χ1) is 8.65. The highest BCUT2D eigenvalue weighted by Gasteiger charge is 2.10. The van der Waals surface area contributed by atoms with Gasteiger partial charge in [0.15, 0.2) is 5.78 Å². The molecule has 2 aromatic heterocycles. The van der Waals surface area contributed by atoms with Crippen LogP contribution in [0.1, 0.15) is 15.9 Å². The first-order valence-corrected chi connectivity index (χ1v) is 5.88. The van der Waals surface area contributed by atoms with Crippen LogP contribution in [0.2, 0.25) is 0 Å². The lowest BCUT2D eigenvalue weighted by Gasteiger charge is -2.15. The minimum atomic E-state index is 0.146. The van der Waals surface area contributed by atoms with Crippen molar-refractivity contribution in [2.45, 2.75) is 6.54 Å². The summed E-state index contributed by atoms with van der Waals surface area (Å²) in [6.07, 6.45) is 7.27. The van der Waals surface area contributed by atoms with Crippen LogP contribution < -0.4 is 0 Å². The summed E-state index contributed by atoms with van der Waals surface area (Å²) in [5.41, 5.74) is 1.92. The fourth-order valence-electron chi connectivity index (χ4n) is 1.86. The number of nitrogens with zero attached hydrogens (tertiary/aromatic N) is 3. The molecule has 2 heterocycles. The molecule has 0 saturated carbocycles. The lowest BCUT2D eigenvalue weighted by molar-refractivity contribution is 0.0943. The number of hydrogen-bond acceptors (Lipinski definition) is 3. The number of aromatic nitrogens is 2. The molecule has 0 aromatic carbocycles. The second-order valence-corrected chi connectivity index (χ2v) is 4.52. The minimum absolute atomic E-state index is 0.146. The van der Waals surface area contributed by atoms with Crippen molar-refractivity contribution >= 4 is 5.78 Å². The fourth-order valence-corrected chi connectivity index (χ4v) is 1.86. The van der Waals surface area contributed by atoms with E-state index >= 15 is 0 Å². The summed E-state index contributed by atoms with van der Waals surface area (Å²) in [5, 5.41) is 0. The van der Waals surface area contributed by atoms with Crippen molar-refractivity contribution in [2.24, 2.45) is 7.05 Å². The van der Waals surface area contributed by atoms with Crippen LogP contribution in [0.4, 0.5) is 0 Å². The van der Waals surface area contributed by atoms with Crippen LogP contribution in [0.3, 0.4) is 0 Å². The quantitative estimate of drug-likeness (QED) is 0.751. The largest absolute Gasteiger partial charge is 0.357 e. The van der Waals surface area contributed by atoms with Crippen molar-refractivity contribution < 1.29 is 4.79 Å². The summed E-state index contributed by atoms with van der Waals surface area (Å²) < 4.78 is 1.89. The number of aryl methyl sites for hydroxylation is 1. The molecule has 0 amide bonds. The van der Waals surface area contributed by atoms with E-state index < -0.39 is 0 Å². The number of likely N-dealkylation sites (N-methyl/N-ethyl adjacent to an activating group) is 1. The molecule has 0 aliphatic carbocycles. The van der Waals surface area contributed by atoms with Gasteiger partial charge in [-0.3, -0.25) is 14.7 Å². The number of hydrogen-bond donors (Lipinski definition) is 0. The molecular weight excluding hydrogens is 226 g/mol. The van der Waals surface area contributed by atoms with Gasteiger partial charge in [0.25, 0.3) is 0 Å². The monoisotopic (exact) mass is 243 g/mol. The van der Waals surface area contributed by atoms with E-state index in [0.717, 1.165) is 17.7 Å². The predicted molar refractivity (Wildman–Crippen MR) is 70.3 cm³/mol. The number of Topliss-reactive ketones (excluding diaryl/α,β-unsaturated/α-hetero) is 1. The molecule has 94 valence electrons. The third-order valence-corrected chi connectivity index (χ3v) is 2.77. The van der Waals surface area contributed by atoms with Crippen LogP contribution in [0.5, 0.6) is 0 Å². The molecule has 0 aliphatic heterocycles. The van der Waals surface area contributed by atoms with Gasteiger partial charge in [-0.2, -0.15) is 0 Å². The number of rotatable bonds is 5. The molecule has 0 radical (unpaired) electrons. The van der Waals surface area contributed by atoms with Crippen LogP contribution in [0.25, 0.3) is 0 Å². The number of ketones is 1. The van der Waals surface area contributed by atoms with Gasteiger partial charge in [-0.1, -0.05) is 0 Å². The third-order valence-electron chi connectivity index (χ3n) is 2.77. The van der Waals surface area contributed by atoms with Crippen molar-refractivity contribution in [1.29, 1.82) is 0 Å². The Labute approximate surface area is 107 Å². The summed E-state index contributed by atoms with van der Waals surface area (Å²) in [6, 6.07) is 5.77. The van der Waals surface area contributed by atoms with Crippen molar-refractivity contribution in [3.63, 3.8) is 0 Å². The van der Waals surface area contributed by atoms with Gasteiger partial charge in [-0.05, 0) is 30.8 Å². The predicted octanol–water partition coefficient (Wildman–Crippen LogP) is 1.73. The second-order valence-electron chi connectivity index (χ2n) is 4.52. The highest BCUT2D eigenvalue weighted by atomic mass is 16.1. The van der Waals surface area contributed by atoms with Gasteiger partial charge in [0.1, 0.15) is 0 Å². The average molecular weight is 243 g/mol. The summed E-state index contributed by atoms with van der Waals surface area (Å²) in [7, 11) is 3.86. The fraction of sp³-hybridized carbons (Fsp3) is 0.286. The maximum absolute atomic E-state index is 12.0. The minimum Gasteiger partial charge on any atom is -0.357 e. The van der Waals surface area contributed by atoms with Crippen LogP contribution in [0.15, 0.2) is 43.0 Å². The van der Waals surface area contributed by atoms with Gasteiger partial charge in [0, 0.05) is 43.9 Å². The summed E-state index contributed by atoms with van der Waals surface area (Å²) in [4.78, 5) is 18.0. The van der Waals surface area contributed by atoms with E-state index in [1.165, 1.54) is 0 Å². The standard InChI is InChI=1S/C14H17N3O/c1-16-8-5-13(10-16)14(18)11-17(2)9-12-3-6-15-7-4-12/h3-8,10H,9,11H2,1-2H3. The van der Waals surface area contributed by atoms with Gasteiger partial charge in [0.2, 0.25) is 0 Å². The summed E-state index contributed by atoms with van der Waals surface area (Å²) >= 11 is 0. The van der Waals surface area contributed by atoms with E-state index in [4.69, 9.17) is 0 Å². The highest BCUT2D eigenvalue weighted by Crippen LogP contribution is 2.05. The highest BCUT2D eigenvalue weighted by molar-refractivity contribution is 5.97. The van der Waals surface area contributed by atoms with Gasteiger partial charge < -0.3 is 4.57 Å². The Balaban J connectivity index is 1.92. The zero-order chi connectivity index (χ0) is 13.0. The molecule has 4 nitrogen and oxygen atoms in total. The van der Waals surface area contributed by atoms with Crippen LogP contribution >= 0.6 is 0 Å². The molecule has 18 heavy (non-hydrogen) atoms. The van der Waals surface area contributed by atoms with E-state index in [-0.39, 0.29) is 5.78 Å². The van der Waals surface area contributed by atoms with Gasteiger partial charge in [0.05, 0.1) is 6.54 Å². The van der Waals surface area contributed by atoms with E-state index in [2.05, 4.69) is 4.98 Å². The van der Waals surface area contributed by atoms with Crippen LogP contribution in [-0.4, -0.2) is 33.8 Å². The lowest BCUT2D eigenvalue weighted by atomic mass is 10.2. The molecular formula is C14H17N3O. The molecule has 0 spiro atoms. The third kappa shape index (κ3) is 3.28. The maximum Gasteiger partial charge on any atom is 0.178 e. The Bertz CT molecular complexity index is 519. The van der Waals surface area contributed by atoms with E-state index in [0.29, 0.717) is 6.54 Å². The van der Waals surface area contributed by atoms with Crippen molar-refractivity contribution in [2.75, 3.05) is 13.6 Å². The van der Waals surface area contributed by atoms with Crippen LogP contribution in [0, 0.1) is 0 Å². The molecule has 0 unspecified atom stereocenters. The normalized spacial score (nSPS) is 10.8. The molecule has 0 saturated heterocycles. The Morgan fingerprint density at radius 1 is 1.33 bits per heavy atom. The maximum atomic E-state index is 12.0. The molecule has 4 heteroatoms. The molecule has 0 aliphatic rings. The summed E-state index contributed by atoms with van der Waals surface area (Å²) in [6.45, 7) is 1.17. The molecule has 0 fully saturated rings. The van der Waals surface area contributed by atoms with E-state index in [1.807, 2.05) is 54.2 Å². The van der Waals surface area contributed by atoms with Crippen molar-refractivity contribution in [3.05, 3.63) is 54.1 Å². The molecule has 2 aromatic rings. The zero-order valence-electron chi connectivity index (χ0n) is 10.7. The molecule has 0 atom stereocenters. The Morgan fingerprint density at radius 3 is 2.67 bits per heavy atom. The Morgan fingerprint density at radius 2 is 2.06 bits per heavy atom. The Kier molecular flexibility index (Phi) is 3.89. The van der Waals surface area contributed by atoms with E-state index in [1.54, 1.807) is 12.4 Å². The smallest absolute Gasteiger partial charge is 0.178 e. The van der Waals surface area contributed by atoms with Gasteiger partial charge in [-0.15, -0.1) is 0 Å². The number of pyridine rings is 1. The second kappa shape index (κ2) is 5.60. The topological polar surface area (TPSA) is 38.1 Å². The first-order valence-electron chi connectivity index (χ1n) is 5.88. The molecule has 2 rings (SSSR count). The Hall–Kier alpha value is -1.94. The number of carbonyl (C=O) groups excluding carboxylic acids is 1. The number of carbonyl (C=O) groups is 1. The average Bonchev–Trinajstić information content (AvgIpc) is 2.77. The molecule has 0 bridgehead atoms.